The zero-order chi connectivity index (χ0) is 15.8. The standard InChI is InChI=1S/C15H17NO4S/c1-16(2,3)15-8-11(10-21(18,19)20)14(9-17)12-6-4-5-7-13(12)15/h4-9H,10H2,1-3H3. The molecule has 0 saturated carbocycles. The van der Waals surface area contributed by atoms with Gasteiger partial charge in [0.25, 0.3) is 0 Å². The van der Waals surface area contributed by atoms with Crippen LogP contribution in [0, 0.1) is 0 Å². The number of hydrogen-bond acceptors (Lipinski definition) is 4. The summed E-state index contributed by atoms with van der Waals surface area (Å²) in [4.78, 5) is 11.4. The van der Waals surface area contributed by atoms with E-state index in [1.165, 1.54) is 0 Å². The minimum absolute atomic E-state index is 0.252. The van der Waals surface area contributed by atoms with E-state index in [2.05, 4.69) is 0 Å². The van der Waals surface area contributed by atoms with E-state index >= 15 is 0 Å². The second-order valence-corrected chi connectivity index (χ2v) is 7.25. The number of carbonyl (C=O) groups excluding carboxylic acids is 1. The van der Waals surface area contributed by atoms with E-state index in [-0.39, 0.29) is 11.1 Å². The van der Waals surface area contributed by atoms with Crippen molar-refractivity contribution < 1.29 is 17.8 Å². The van der Waals surface area contributed by atoms with E-state index in [0.29, 0.717) is 16.2 Å². The molecule has 0 bridgehead atoms. The molecule has 0 atom stereocenters. The number of benzene rings is 2. The Hall–Kier alpha value is -1.76. The lowest BCUT2D eigenvalue weighted by Crippen LogP contribution is -2.35. The smallest absolute Gasteiger partial charge is 0.150 e. The topological polar surface area (TPSA) is 74.3 Å². The molecule has 0 fully saturated rings. The molecule has 0 aromatic heterocycles. The van der Waals surface area contributed by atoms with Crippen LogP contribution in [0.4, 0.5) is 5.69 Å². The van der Waals surface area contributed by atoms with Crippen LogP contribution >= 0.6 is 0 Å². The molecule has 0 aliphatic carbocycles. The highest BCUT2D eigenvalue weighted by atomic mass is 32.2. The quantitative estimate of drug-likeness (QED) is 0.491. The van der Waals surface area contributed by atoms with Gasteiger partial charge in [-0.05, 0) is 17.0 Å². The van der Waals surface area contributed by atoms with Crippen molar-refractivity contribution in [1.82, 2.24) is 4.48 Å². The minimum atomic E-state index is -4.46. The zero-order valence-electron chi connectivity index (χ0n) is 12.2. The lowest BCUT2D eigenvalue weighted by molar-refractivity contribution is 0.112. The van der Waals surface area contributed by atoms with E-state index in [1.54, 1.807) is 18.2 Å². The van der Waals surface area contributed by atoms with Crippen molar-refractivity contribution in [1.29, 1.82) is 0 Å². The maximum Gasteiger partial charge on any atom is 0.150 e. The molecule has 2 aromatic rings. The average molecular weight is 307 g/mol. The van der Waals surface area contributed by atoms with Crippen LogP contribution in [-0.2, 0) is 15.9 Å². The Bertz CT molecular complexity index is 804. The highest BCUT2D eigenvalue weighted by Crippen LogP contribution is 2.33. The van der Waals surface area contributed by atoms with E-state index in [9.17, 15) is 17.8 Å². The Morgan fingerprint density at radius 2 is 1.71 bits per heavy atom. The summed E-state index contributed by atoms with van der Waals surface area (Å²) in [5, 5.41) is 1.54. The number of aldehydes is 1. The first kappa shape index (κ1) is 15.6. The summed E-state index contributed by atoms with van der Waals surface area (Å²) in [6.45, 7) is 0. The van der Waals surface area contributed by atoms with Gasteiger partial charge in [-0.1, -0.05) is 18.2 Å². The molecule has 0 aliphatic heterocycles. The lowest BCUT2D eigenvalue weighted by Gasteiger charge is -2.26. The van der Waals surface area contributed by atoms with Crippen LogP contribution in [0.1, 0.15) is 15.9 Å². The van der Waals surface area contributed by atoms with E-state index in [0.717, 1.165) is 11.1 Å². The molecular formula is C15H17NO4S. The Balaban J connectivity index is 2.89. The number of nitrogens with zero attached hydrogens (tertiary/aromatic N) is 1. The molecule has 0 unspecified atom stereocenters. The molecule has 6 heteroatoms. The van der Waals surface area contributed by atoms with Crippen molar-refractivity contribution in [3.05, 3.63) is 41.5 Å². The first-order valence-electron chi connectivity index (χ1n) is 6.39. The van der Waals surface area contributed by atoms with Crippen molar-refractivity contribution in [2.75, 3.05) is 21.1 Å². The maximum atomic E-state index is 11.4. The average Bonchev–Trinajstić information content (AvgIpc) is 2.34. The highest BCUT2D eigenvalue weighted by Gasteiger charge is 2.21. The summed E-state index contributed by atoms with van der Waals surface area (Å²) in [7, 11) is 1.37. The van der Waals surface area contributed by atoms with Crippen molar-refractivity contribution in [3.63, 3.8) is 0 Å². The molecule has 21 heavy (non-hydrogen) atoms. The molecule has 0 saturated heterocycles. The Morgan fingerprint density at radius 1 is 1.14 bits per heavy atom. The fourth-order valence-electron chi connectivity index (χ4n) is 2.44. The number of hydrogen-bond donors (Lipinski definition) is 0. The molecule has 2 rings (SSSR count). The summed E-state index contributed by atoms with van der Waals surface area (Å²) < 4.78 is 33.7. The van der Waals surface area contributed by atoms with Crippen molar-refractivity contribution >= 4 is 32.9 Å². The van der Waals surface area contributed by atoms with Crippen LogP contribution in [0.25, 0.3) is 10.8 Å². The molecule has 0 aliphatic rings. The first-order valence-corrected chi connectivity index (χ1v) is 7.96. The maximum absolute atomic E-state index is 11.4. The summed E-state index contributed by atoms with van der Waals surface area (Å²) in [6, 6.07) is 8.93. The van der Waals surface area contributed by atoms with Crippen molar-refractivity contribution in [2.45, 2.75) is 5.75 Å². The Kier molecular flexibility index (Phi) is 3.88. The fourth-order valence-corrected chi connectivity index (χ4v) is 3.06. The van der Waals surface area contributed by atoms with E-state index in [4.69, 9.17) is 0 Å². The van der Waals surface area contributed by atoms with Gasteiger partial charge in [0.2, 0.25) is 0 Å². The normalized spacial score (nSPS) is 12.6. The molecule has 0 amide bonds. The van der Waals surface area contributed by atoms with Gasteiger partial charge in [0.05, 0.1) is 37.0 Å². The Morgan fingerprint density at radius 3 is 2.19 bits per heavy atom. The van der Waals surface area contributed by atoms with Crippen LogP contribution in [0.2, 0.25) is 0 Å². The molecule has 112 valence electrons. The summed E-state index contributed by atoms with van der Waals surface area (Å²) in [6.07, 6.45) is 0.613. The monoisotopic (exact) mass is 307 g/mol. The fraction of sp³-hybridized carbons (Fsp3) is 0.267. The van der Waals surface area contributed by atoms with Gasteiger partial charge in [0.1, 0.15) is 5.69 Å². The van der Waals surface area contributed by atoms with Crippen molar-refractivity contribution in [2.24, 2.45) is 0 Å². The second kappa shape index (κ2) is 5.22. The third-order valence-corrected chi connectivity index (χ3v) is 3.99. The molecule has 0 radical (unpaired) electrons. The van der Waals surface area contributed by atoms with Gasteiger partial charge >= 0.3 is 0 Å². The third kappa shape index (κ3) is 3.29. The SMILES string of the molecule is C[N+](C)(C)c1cc(CS(=O)(=O)[O-])c(C=O)c2ccccc12. The van der Waals surface area contributed by atoms with Gasteiger partial charge < -0.3 is 4.55 Å². The van der Waals surface area contributed by atoms with Gasteiger partial charge in [0, 0.05) is 17.0 Å². The van der Waals surface area contributed by atoms with Crippen molar-refractivity contribution in [3.8, 4) is 0 Å². The van der Waals surface area contributed by atoms with E-state index in [1.807, 2.05) is 33.3 Å². The molecule has 0 spiro atoms. The van der Waals surface area contributed by atoms with Gasteiger partial charge in [-0.3, -0.25) is 9.28 Å². The highest BCUT2D eigenvalue weighted by molar-refractivity contribution is 7.84. The van der Waals surface area contributed by atoms with Crippen LogP contribution < -0.4 is 4.48 Å². The summed E-state index contributed by atoms with van der Waals surface area (Å²) >= 11 is 0. The Labute approximate surface area is 124 Å². The number of rotatable bonds is 4. The number of carbonyl (C=O) groups is 1. The van der Waals surface area contributed by atoms with Gasteiger partial charge in [-0.25, -0.2) is 8.42 Å². The molecule has 0 N–H and O–H groups in total. The third-order valence-electron chi connectivity index (χ3n) is 3.32. The first-order chi connectivity index (χ1) is 9.63. The molecule has 5 nitrogen and oxygen atoms in total. The number of fused-ring (bicyclic) bond motifs is 1. The van der Waals surface area contributed by atoms with Crippen LogP contribution in [-0.4, -0.2) is 40.4 Å². The summed E-state index contributed by atoms with van der Waals surface area (Å²) in [5.74, 6) is -0.682. The van der Waals surface area contributed by atoms with Gasteiger partial charge in [-0.2, -0.15) is 0 Å². The van der Waals surface area contributed by atoms with Crippen LogP contribution in [0.15, 0.2) is 30.3 Å². The zero-order valence-corrected chi connectivity index (χ0v) is 13.0. The lowest BCUT2D eigenvalue weighted by atomic mass is 9.98. The second-order valence-electron chi connectivity index (χ2n) is 5.85. The minimum Gasteiger partial charge on any atom is -0.748 e. The van der Waals surface area contributed by atoms with Crippen LogP contribution in [0.5, 0.6) is 0 Å². The predicted molar refractivity (Wildman–Crippen MR) is 82.3 cm³/mol. The van der Waals surface area contributed by atoms with Gasteiger partial charge in [0.15, 0.2) is 6.29 Å². The molecule has 0 heterocycles. The van der Waals surface area contributed by atoms with Gasteiger partial charge in [-0.15, -0.1) is 0 Å². The summed E-state index contributed by atoms with van der Waals surface area (Å²) in [5.41, 5.74) is 1.37. The number of quaternary nitrogens is 1. The largest absolute Gasteiger partial charge is 0.748 e. The molecular weight excluding hydrogens is 290 g/mol. The van der Waals surface area contributed by atoms with Crippen LogP contribution in [0.3, 0.4) is 0 Å². The molecule has 2 aromatic carbocycles. The predicted octanol–water partition coefficient (Wildman–Crippen LogP) is 1.89. The van der Waals surface area contributed by atoms with E-state index < -0.39 is 15.9 Å².